The molecule has 4 nitrogen and oxygen atoms in total. The Hall–Kier alpha value is -1.20. The van der Waals surface area contributed by atoms with E-state index >= 15 is 0 Å². The molecular weight excluding hydrogens is 282 g/mol. The first-order valence-electron chi connectivity index (χ1n) is 7.75. The molecule has 1 aromatic carbocycles. The number of nitrogens with one attached hydrogen (secondary N) is 2. The lowest BCUT2D eigenvalue weighted by molar-refractivity contribution is 0.185. The molecule has 0 saturated carbocycles. The fourth-order valence-electron chi connectivity index (χ4n) is 2.99. The summed E-state index contributed by atoms with van der Waals surface area (Å²) >= 11 is 2.02. The average Bonchev–Trinajstić information content (AvgIpc) is 2.97. The van der Waals surface area contributed by atoms with Gasteiger partial charge in [-0.1, -0.05) is 19.1 Å². The summed E-state index contributed by atoms with van der Waals surface area (Å²) in [5.41, 5.74) is 2.17. The summed E-state index contributed by atoms with van der Waals surface area (Å²) in [5, 5.41) is 6.60. The minimum atomic E-state index is 0.0251. The summed E-state index contributed by atoms with van der Waals surface area (Å²) in [6, 6.07) is 8.13. The van der Waals surface area contributed by atoms with E-state index < -0.39 is 0 Å². The summed E-state index contributed by atoms with van der Waals surface area (Å²) in [5.74, 6) is 1.19. The van der Waals surface area contributed by atoms with Crippen LogP contribution in [0.15, 0.2) is 24.3 Å². The number of urea groups is 1. The van der Waals surface area contributed by atoms with Crippen LogP contribution in [0.25, 0.3) is 0 Å². The SMILES string of the molecule is CCc1ccc(NC(=O)N2CCC3(CC2)NCCS3)cc1. The molecule has 0 bridgehead atoms. The summed E-state index contributed by atoms with van der Waals surface area (Å²) in [6.07, 6.45) is 3.10. The lowest BCUT2D eigenvalue weighted by Gasteiger charge is -2.38. The van der Waals surface area contributed by atoms with Crippen LogP contribution in [0.2, 0.25) is 0 Å². The molecule has 1 spiro atoms. The number of hydrogen-bond acceptors (Lipinski definition) is 3. The Labute approximate surface area is 130 Å². The summed E-state index contributed by atoms with van der Waals surface area (Å²) in [6.45, 7) is 4.89. The minimum absolute atomic E-state index is 0.0251. The van der Waals surface area contributed by atoms with Gasteiger partial charge >= 0.3 is 6.03 Å². The van der Waals surface area contributed by atoms with Crippen LogP contribution in [0.3, 0.4) is 0 Å². The zero-order chi connectivity index (χ0) is 14.7. The van der Waals surface area contributed by atoms with Crippen LogP contribution in [0.4, 0.5) is 10.5 Å². The second-order valence-corrected chi connectivity index (χ2v) is 7.22. The van der Waals surface area contributed by atoms with E-state index in [1.165, 1.54) is 11.3 Å². The van der Waals surface area contributed by atoms with Crippen LogP contribution in [0.1, 0.15) is 25.3 Å². The number of carbonyl (C=O) groups is 1. The van der Waals surface area contributed by atoms with Crippen molar-refractivity contribution < 1.29 is 4.79 Å². The maximum atomic E-state index is 12.3. The Morgan fingerprint density at radius 3 is 2.62 bits per heavy atom. The molecule has 21 heavy (non-hydrogen) atoms. The minimum Gasteiger partial charge on any atom is -0.324 e. The van der Waals surface area contributed by atoms with E-state index in [2.05, 4.69) is 29.7 Å². The van der Waals surface area contributed by atoms with Gasteiger partial charge in [-0.15, -0.1) is 11.8 Å². The van der Waals surface area contributed by atoms with E-state index in [4.69, 9.17) is 0 Å². The molecule has 2 aliphatic heterocycles. The highest BCUT2D eigenvalue weighted by molar-refractivity contribution is 8.00. The number of benzene rings is 1. The van der Waals surface area contributed by atoms with E-state index in [9.17, 15) is 4.79 Å². The normalized spacial score (nSPS) is 20.7. The van der Waals surface area contributed by atoms with E-state index in [1.54, 1.807) is 0 Å². The van der Waals surface area contributed by atoms with Crippen LogP contribution in [-0.4, -0.2) is 41.2 Å². The van der Waals surface area contributed by atoms with Crippen molar-refractivity contribution in [1.82, 2.24) is 10.2 Å². The number of thioether (sulfide) groups is 1. The predicted molar refractivity (Wildman–Crippen MR) is 88.8 cm³/mol. The topological polar surface area (TPSA) is 44.4 Å². The molecule has 114 valence electrons. The quantitative estimate of drug-likeness (QED) is 0.883. The first-order valence-corrected chi connectivity index (χ1v) is 8.73. The second kappa shape index (κ2) is 6.28. The molecule has 2 aliphatic rings. The number of carbonyl (C=O) groups excluding carboxylic acids is 1. The largest absolute Gasteiger partial charge is 0.324 e. The fourth-order valence-corrected chi connectivity index (χ4v) is 4.26. The van der Waals surface area contributed by atoms with Gasteiger partial charge in [0.1, 0.15) is 0 Å². The maximum Gasteiger partial charge on any atom is 0.321 e. The zero-order valence-corrected chi connectivity index (χ0v) is 13.3. The van der Waals surface area contributed by atoms with Gasteiger partial charge in [0, 0.05) is 31.1 Å². The van der Waals surface area contributed by atoms with Crippen molar-refractivity contribution in [2.24, 2.45) is 0 Å². The number of hydrogen-bond donors (Lipinski definition) is 2. The smallest absolute Gasteiger partial charge is 0.321 e. The molecule has 0 atom stereocenters. The third-order valence-corrected chi connectivity index (χ3v) is 5.91. The van der Waals surface area contributed by atoms with Crippen molar-refractivity contribution in [3.05, 3.63) is 29.8 Å². The monoisotopic (exact) mass is 305 g/mol. The summed E-state index contributed by atoms with van der Waals surface area (Å²) in [4.78, 5) is 14.5. The maximum absolute atomic E-state index is 12.3. The first kappa shape index (κ1) is 14.7. The molecule has 1 aromatic rings. The number of nitrogens with zero attached hydrogens (tertiary/aromatic N) is 1. The molecule has 0 aliphatic carbocycles. The number of likely N-dealkylation sites (tertiary alicyclic amines) is 1. The second-order valence-electron chi connectivity index (χ2n) is 5.74. The molecular formula is C16H23N3OS. The Kier molecular flexibility index (Phi) is 4.40. The number of amides is 2. The van der Waals surface area contributed by atoms with Crippen LogP contribution in [-0.2, 0) is 6.42 Å². The highest BCUT2D eigenvalue weighted by atomic mass is 32.2. The third-order valence-electron chi connectivity index (χ3n) is 4.40. The highest BCUT2D eigenvalue weighted by Crippen LogP contribution is 2.36. The summed E-state index contributed by atoms with van der Waals surface area (Å²) < 4.78 is 0. The van der Waals surface area contributed by atoms with Crippen LogP contribution < -0.4 is 10.6 Å². The Morgan fingerprint density at radius 2 is 2.05 bits per heavy atom. The molecule has 2 amide bonds. The summed E-state index contributed by atoms with van der Waals surface area (Å²) in [7, 11) is 0. The molecule has 2 heterocycles. The van der Waals surface area contributed by atoms with Crippen LogP contribution in [0, 0.1) is 0 Å². The molecule has 2 N–H and O–H groups in total. The standard InChI is InChI=1S/C16H23N3OS/c1-2-13-3-5-14(6-4-13)18-15(20)19-10-7-16(8-11-19)17-9-12-21-16/h3-6,17H,2,7-12H2,1H3,(H,18,20). The van der Waals surface area contributed by atoms with Gasteiger partial charge in [-0.3, -0.25) is 0 Å². The molecule has 3 rings (SSSR count). The number of rotatable bonds is 2. The molecule has 2 fully saturated rings. The van der Waals surface area contributed by atoms with Gasteiger partial charge in [0.2, 0.25) is 0 Å². The fraction of sp³-hybridized carbons (Fsp3) is 0.562. The van der Waals surface area contributed by atoms with E-state index in [1.807, 2.05) is 28.8 Å². The van der Waals surface area contributed by atoms with Crippen molar-refractivity contribution in [1.29, 1.82) is 0 Å². The Balaban J connectivity index is 1.54. The van der Waals surface area contributed by atoms with E-state index in [0.717, 1.165) is 44.6 Å². The van der Waals surface area contributed by atoms with Crippen molar-refractivity contribution in [2.75, 3.05) is 30.7 Å². The molecule has 0 unspecified atom stereocenters. The number of aryl methyl sites for hydroxylation is 1. The Morgan fingerprint density at radius 1 is 1.33 bits per heavy atom. The van der Waals surface area contributed by atoms with Gasteiger partial charge in [0.05, 0.1) is 4.87 Å². The number of anilines is 1. The van der Waals surface area contributed by atoms with Crippen LogP contribution in [0.5, 0.6) is 0 Å². The lowest BCUT2D eigenvalue weighted by atomic mass is 10.0. The van der Waals surface area contributed by atoms with Crippen LogP contribution >= 0.6 is 11.8 Å². The van der Waals surface area contributed by atoms with Crippen molar-refractivity contribution in [3.63, 3.8) is 0 Å². The van der Waals surface area contributed by atoms with E-state index in [0.29, 0.717) is 0 Å². The molecule has 2 saturated heterocycles. The van der Waals surface area contributed by atoms with E-state index in [-0.39, 0.29) is 10.9 Å². The van der Waals surface area contributed by atoms with Crippen molar-refractivity contribution in [3.8, 4) is 0 Å². The average molecular weight is 305 g/mol. The van der Waals surface area contributed by atoms with Gasteiger partial charge < -0.3 is 15.5 Å². The van der Waals surface area contributed by atoms with Gasteiger partial charge in [-0.2, -0.15) is 0 Å². The lowest BCUT2D eigenvalue weighted by Crippen LogP contribution is -2.50. The molecule has 5 heteroatoms. The molecule has 0 radical (unpaired) electrons. The highest BCUT2D eigenvalue weighted by Gasteiger charge is 2.38. The molecule has 0 aromatic heterocycles. The Bertz CT molecular complexity index is 487. The van der Waals surface area contributed by atoms with Gasteiger partial charge in [0.15, 0.2) is 0 Å². The predicted octanol–water partition coefficient (Wildman–Crippen LogP) is 2.91. The zero-order valence-electron chi connectivity index (χ0n) is 12.5. The van der Waals surface area contributed by atoms with Gasteiger partial charge in [-0.05, 0) is 37.0 Å². The first-order chi connectivity index (χ1) is 10.2. The van der Waals surface area contributed by atoms with Crippen molar-refractivity contribution in [2.45, 2.75) is 31.1 Å². The van der Waals surface area contributed by atoms with Crippen molar-refractivity contribution >= 4 is 23.5 Å². The number of piperidine rings is 1. The van der Waals surface area contributed by atoms with Gasteiger partial charge in [-0.25, -0.2) is 4.79 Å². The van der Waals surface area contributed by atoms with Gasteiger partial charge in [0.25, 0.3) is 0 Å². The third kappa shape index (κ3) is 3.35.